The summed E-state index contributed by atoms with van der Waals surface area (Å²) in [5, 5.41) is 0. The average Bonchev–Trinajstić information content (AvgIpc) is 3.03. The lowest BCUT2D eigenvalue weighted by atomic mass is 10.1. The highest BCUT2D eigenvalue weighted by molar-refractivity contribution is 5.93. The Balaban J connectivity index is 2.07. The van der Waals surface area contributed by atoms with Gasteiger partial charge in [0.15, 0.2) is 0 Å². The molecule has 1 aromatic rings. The second-order valence-corrected chi connectivity index (χ2v) is 12.8. The maximum Gasteiger partial charge on any atom is 0.338 e. The van der Waals surface area contributed by atoms with Gasteiger partial charge < -0.3 is 19.3 Å². The third-order valence-electron chi connectivity index (χ3n) is 8.48. The Morgan fingerprint density at radius 3 is 1.05 bits per heavy atom. The van der Waals surface area contributed by atoms with Gasteiger partial charge in [0.25, 0.3) is 0 Å². The maximum absolute atomic E-state index is 12.4. The fourth-order valence-electron chi connectivity index (χ4n) is 5.52. The Hall–Kier alpha value is -1.92. The smallest absolute Gasteiger partial charge is 0.338 e. The van der Waals surface area contributed by atoms with Crippen LogP contribution in [0.2, 0.25) is 0 Å². The molecular weight excluding hydrogens is 548 g/mol. The predicted octanol–water partition coefficient (Wildman–Crippen LogP) is 9.71. The number of unbranched alkanes of at least 4 members (excludes halogenated alkanes) is 16. The van der Waals surface area contributed by atoms with Crippen molar-refractivity contribution < 1.29 is 19.1 Å². The van der Waals surface area contributed by atoms with Crippen LogP contribution in [0.1, 0.15) is 163 Å². The standard InChI is InChI=1S/C38H68N2O4/c1-5-7-9-11-13-15-17-19-21-29-39(3)31-23-33-43-37(41)35-25-27-36(28-26-35)38(42)44-34-24-32-40(4)30-22-20-18-16-14-12-10-8-6-2/h25-28H,5-24,29-34H2,1-4H3. The van der Waals surface area contributed by atoms with E-state index in [0.29, 0.717) is 24.3 Å². The molecule has 254 valence electrons. The summed E-state index contributed by atoms with van der Waals surface area (Å²) in [7, 11) is 4.28. The molecule has 0 spiro atoms. The van der Waals surface area contributed by atoms with Crippen molar-refractivity contribution in [2.24, 2.45) is 0 Å². The van der Waals surface area contributed by atoms with Gasteiger partial charge in [-0.05, 0) is 77.1 Å². The quantitative estimate of drug-likeness (QED) is 0.0633. The van der Waals surface area contributed by atoms with Crippen LogP contribution in [0.25, 0.3) is 0 Å². The molecule has 0 atom stereocenters. The van der Waals surface area contributed by atoms with Crippen molar-refractivity contribution in [3.63, 3.8) is 0 Å². The third kappa shape index (κ3) is 22.6. The summed E-state index contributed by atoms with van der Waals surface area (Å²) in [4.78, 5) is 29.5. The van der Waals surface area contributed by atoms with E-state index in [1.165, 1.54) is 116 Å². The minimum absolute atomic E-state index is 0.346. The molecule has 6 heteroatoms. The van der Waals surface area contributed by atoms with Crippen LogP contribution in [0.4, 0.5) is 0 Å². The van der Waals surface area contributed by atoms with Gasteiger partial charge in [-0.15, -0.1) is 0 Å². The van der Waals surface area contributed by atoms with Crippen LogP contribution in [0.3, 0.4) is 0 Å². The summed E-state index contributed by atoms with van der Waals surface area (Å²) in [6, 6.07) is 6.59. The lowest BCUT2D eigenvalue weighted by Crippen LogP contribution is -2.22. The van der Waals surface area contributed by atoms with E-state index in [4.69, 9.17) is 9.47 Å². The predicted molar refractivity (Wildman–Crippen MR) is 186 cm³/mol. The summed E-state index contributed by atoms with van der Waals surface area (Å²) in [5.74, 6) is -0.692. The van der Waals surface area contributed by atoms with Crippen molar-refractivity contribution in [2.75, 3.05) is 53.5 Å². The fourth-order valence-corrected chi connectivity index (χ4v) is 5.52. The van der Waals surface area contributed by atoms with Gasteiger partial charge in [0.05, 0.1) is 24.3 Å². The van der Waals surface area contributed by atoms with Crippen LogP contribution in [0, 0.1) is 0 Å². The Morgan fingerprint density at radius 1 is 0.455 bits per heavy atom. The summed E-state index contributed by atoms with van der Waals surface area (Å²) in [5.41, 5.74) is 0.922. The molecule has 6 nitrogen and oxygen atoms in total. The zero-order valence-electron chi connectivity index (χ0n) is 29.2. The van der Waals surface area contributed by atoms with Gasteiger partial charge in [-0.1, -0.05) is 117 Å². The number of esters is 2. The largest absolute Gasteiger partial charge is 0.462 e. The summed E-state index contributed by atoms with van der Waals surface area (Å²) >= 11 is 0. The van der Waals surface area contributed by atoms with Gasteiger partial charge in [0.1, 0.15) is 0 Å². The Bertz CT molecular complexity index is 747. The Morgan fingerprint density at radius 2 is 0.727 bits per heavy atom. The molecule has 0 aliphatic rings. The number of rotatable bonds is 30. The van der Waals surface area contributed by atoms with E-state index in [9.17, 15) is 9.59 Å². The maximum atomic E-state index is 12.4. The molecule has 44 heavy (non-hydrogen) atoms. The molecule has 0 saturated carbocycles. The number of carbonyl (C=O) groups is 2. The molecule has 1 aromatic carbocycles. The number of hydrogen-bond acceptors (Lipinski definition) is 6. The first-order chi connectivity index (χ1) is 21.5. The fraction of sp³-hybridized carbons (Fsp3) is 0.789. The van der Waals surface area contributed by atoms with Crippen molar-refractivity contribution in [3.8, 4) is 0 Å². The monoisotopic (exact) mass is 617 g/mol. The van der Waals surface area contributed by atoms with E-state index < -0.39 is 0 Å². The molecule has 0 fully saturated rings. The van der Waals surface area contributed by atoms with Crippen molar-refractivity contribution in [3.05, 3.63) is 35.4 Å². The van der Waals surface area contributed by atoms with Crippen LogP contribution in [-0.2, 0) is 9.47 Å². The van der Waals surface area contributed by atoms with Crippen molar-refractivity contribution in [2.45, 2.75) is 142 Å². The number of benzene rings is 1. The van der Waals surface area contributed by atoms with Gasteiger partial charge in [0, 0.05) is 13.1 Å². The lowest BCUT2D eigenvalue weighted by molar-refractivity contribution is 0.0476. The molecule has 0 aromatic heterocycles. The third-order valence-corrected chi connectivity index (χ3v) is 8.48. The van der Waals surface area contributed by atoms with Crippen LogP contribution in [-0.4, -0.2) is 75.2 Å². The van der Waals surface area contributed by atoms with Crippen molar-refractivity contribution in [1.29, 1.82) is 0 Å². The summed E-state index contributed by atoms with van der Waals surface area (Å²) in [6.07, 6.45) is 25.8. The first-order valence-corrected chi connectivity index (χ1v) is 18.3. The zero-order valence-corrected chi connectivity index (χ0v) is 29.2. The molecule has 0 amide bonds. The molecule has 0 N–H and O–H groups in total. The molecule has 0 saturated heterocycles. The highest BCUT2D eigenvalue weighted by Crippen LogP contribution is 2.12. The molecule has 0 aliphatic carbocycles. The average molecular weight is 617 g/mol. The molecule has 0 aliphatic heterocycles. The molecule has 0 heterocycles. The lowest BCUT2D eigenvalue weighted by Gasteiger charge is -2.16. The van der Waals surface area contributed by atoms with E-state index in [-0.39, 0.29) is 11.9 Å². The van der Waals surface area contributed by atoms with E-state index >= 15 is 0 Å². The molecule has 0 radical (unpaired) electrons. The van der Waals surface area contributed by atoms with Crippen molar-refractivity contribution >= 4 is 11.9 Å². The topological polar surface area (TPSA) is 59.1 Å². The molecule has 1 rings (SSSR count). The van der Waals surface area contributed by atoms with E-state index in [1.807, 2.05) is 0 Å². The van der Waals surface area contributed by atoms with Gasteiger partial charge in [-0.3, -0.25) is 0 Å². The first-order valence-electron chi connectivity index (χ1n) is 18.3. The second kappa shape index (κ2) is 28.5. The second-order valence-electron chi connectivity index (χ2n) is 12.8. The molecular formula is C38H68N2O4. The van der Waals surface area contributed by atoms with Gasteiger partial charge >= 0.3 is 11.9 Å². The van der Waals surface area contributed by atoms with E-state index in [2.05, 4.69) is 37.7 Å². The van der Waals surface area contributed by atoms with Crippen LogP contribution >= 0.6 is 0 Å². The first kappa shape index (κ1) is 40.1. The van der Waals surface area contributed by atoms with Gasteiger partial charge in [-0.25, -0.2) is 9.59 Å². The van der Waals surface area contributed by atoms with Gasteiger partial charge in [0.2, 0.25) is 0 Å². The number of nitrogens with zero attached hydrogens (tertiary/aromatic N) is 2. The number of carbonyl (C=O) groups excluding carboxylic acids is 2. The minimum Gasteiger partial charge on any atom is -0.462 e. The van der Waals surface area contributed by atoms with Gasteiger partial charge in [-0.2, -0.15) is 0 Å². The van der Waals surface area contributed by atoms with Crippen LogP contribution in [0.15, 0.2) is 24.3 Å². The Kier molecular flexibility index (Phi) is 26.0. The highest BCUT2D eigenvalue weighted by atomic mass is 16.5. The summed E-state index contributed by atoms with van der Waals surface area (Å²) in [6.45, 7) is 9.36. The molecule has 0 bridgehead atoms. The normalized spacial score (nSPS) is 11.4. The highest BCUT2D eigenvalue weighted by Gasteiger charge is 2.11. The van der Waals surface area contributed by atoms with Crippen LogP contribution in [0.5, 0.6) is 0 Å². The number of ether oxygens (including phenoxy) is 2. The molecule has 0 unspecified atom stereocenters. The Labute approximate surface area is 271 Å². The van der Waals surface area contributed by atoms with Crippen LogP contribution < -0.4 is 0 Å². The SMILES string of the molecule is CCCCCCCCCCCN(C)CCCOC(=O)c1ccc(C(=O)OCCCN(C)CCCCCCCCCCC)cc1. The number of hydrogen-bond donors (Lipinski definition) is 0. The van der Waals surface area contributed by atoms with E-state index in [1.54, 1.807) is 24.3 Å². The van der Waals surface area contributed by atoms with Crippen molar-refractivity contribution in [1.82, 2.24) is 9.80 Å². The zero-order chi connectivity index (χ0) is 32.1. The minimum atomic E-state index is -0.346. The summed E-state index contributed by atoms with van der Waals surface area (Å²) < 4.78 is 10.9. The van der Waals surface area contributed by atoms with E-state index in [0.717, 1.165) is 39.0 Å².